The van der Waals surface area contributed by atoms with Crippen LogP contribution < -0.4 is 5.32 Å². The summed E-state index contributed by atoms with van der Waals surface area (Å²) in [5, 5.41) is 3.21. The van der Waals surface area contributed by atoms with Gasteiger partial charge in [0.2, 0.25) is 16.5 Å². The van der Waals surface area contributed by atoms with Crippen molar-refractivity contribution in [1.29, 1.82) is 0 Å². The lowest BCUT2D eigenvalue weighted by molar-refractivity contribution is 0.625. The molecule has 0 fully saturated rings. The average Bonchev–Trinajstić information content (AvgIpc) is 1.78. The van der Waals surface area contributed by atoms with Crippen LogP contribution in [-0.2, 0) is 0 Å². The maximum Gasteiger partial charge on any atom is 0.228 e. The van der Waals surface area contributed by atoms with E-state index in [1.54, 1.807) is 0 Å². The van der Waals surface area contributed by atoms with E-state index >= 15 is 0 Å². The molecule has 1 N–H and O–H groups in total. The topological polar surface area (TPSA) is 50.7 Å². The van der Waals surface area contributed by atoms with E-state index in [4.69, 9.17) is 23.2 Å². The number of anilines is 1. The molecule has 1 heterocycles. The first-order valence-electron chi connectivity index (χ1n) is 3.72. The first kappa shape index (κ1) is 10.5. The third-order valence-corrected chi connectivity index (χ3v) is 1.41. The molecular formula is C7H10Cl2N4. The van der Waals surface area contributed by atoms with Crippen molar-refractivity contribution in [2.24, 2.45) is 0 Å². The van der Waals surface area contributed by atoms with Crippen LogP contribution in [0.4, 0.5) is 5.95 Å². The fourth-order valence-corrected chi connectivity index (χ4v) is 1.08. The Morgan fingerprint density at radius 2 is 1.46 bits per heavy atom. The van der Waals surface area contributed by atoms with E-state index in [1.807, 2.05) is 20.8 Å². The van der Waals surface area contributed by atoms with Crippen LogP contribution in [0.2, 0.25) is 10.6 Å². The Labute approximate surface area is 86.7 Å². The van der Waals surface area contributed by atoms with Crippen molar-refractivity contribution in [1.82, 2.24) is 15.0 Å². The Morgan fingerprint density at radius 3 is 1.85 bits per heavy atom. The molecule has 0 bridgehead atoms. The Bertz CT molecular complexity index is 288. The number of nitrogens with one attached hydrogen (secondary N) is 1. The molecular weight excluding hydrogens is 211 g/mol. The summed E-state index contributed by atoms with van der Waals surface area (Å²) in [5.74, 6) is 0.387. The van der Waals surface area contributed by atoms with Gasteiger partial charge in [-0.3, -0.25) is 0 Å². The zero-order valence-corrected chi connectivity index (χ0v) is 9.11. The molecule has 72 valence electrons. The molecule has 0 aliphatic rings. The lowest BCUT2D eigenvalue weighted by Crippen LogP contribution is -2.27. The third kappa shape index (κ3) is 3.74. The number of halogens is 2. The van der Waals surface area contributed by atoms with Crippen LogP contribution in [0.3, 0.4) is 0 Å². The van der Waals surface area contributed by atoms with Crippen LogP contribution in [0.15, 0.2) is 0 Å². The van der Waals surface area contributed by atoms with Crippen LogP contribution in [0, 0.1) is 0 Å². The molecule has 0 saturated carbocycles. The van der Waals surface area contributed by atoms with Crippen LogP contribution >= 0.6 is 23.2 Å². The summed E-state index contributed by atoms with van der Waals surface area (Å²) in [7, 11) is 0. The van der Waals surface area contributed by atoms with Gasteiger partial charge in [-0.1, -0.05) is 0 Å². The van der Waals surface area contributed by atoms with Gasteiger partial charge in [-0.15, -0.1) is 0 Å². The molecule has 1 rings (SSSR count). The van der Waals surface area contributed by atoms with E-state index in [0.717, 1.165) is 0 Å². The molecule has 0 aromatic carbocycles. The smallest absolute Gasteiger partial charge is 0.228 e. The Balaban J connectivity index is 2.90. The van der Waals surface area contributed by atoms with E-state index < -0.39 is 0 Å². The number of nitrogens with zero attached hydrogens (tertiary/aromatic N) is 3. The first-order valence-corrected chi connectivity index (χ1v) is 4.48. The van der Waals surface area contributed by atoms with E-state index in [0.29, 0.717) is 5.95 Å². The third-order valence-electron chi connectivity index (χ3n) is 1.07. The molecule has 6 heteroatoms. The largest absolute Gasteiger partial charge is 0.349 e. The van der Waals surface area contributed by atoms with Gasteiger partial charge in [-0.05, 0) is 44.0 Å². The number of rotatable bonds is 1. The highest BCUT2D eigenvalue weighted by Gasteiger charge is 2.12. The van der Waals surface area contributed by atoms with Gasteiger partial charge in [0.05, 0.1) is 0 Å². The number of hydrogen-bond acceptors (Lipinski definition) is 4. The molecule has 0 aliphatic carbocycles. The standard InChI is InChI=1S/C7H10Cl2N4/c1-7(2,3)13-6-11-4(8)10-5(9)12-6/h1-3H3,(H,10,11,12,13). The van der Waals surface area contributed by atoms with Crippen LogP contribution in [0.25, 0.3) is 0 Å². The summed E-state index contributed by atoms with van der Waals surface area (Å²) in [6.45, 7) is 5.95. The zero-order chi connectivity index (χ0) is 10.1. The van der Waals surface area contributed by atoms with Gasteiger partial charge < -0.3 is 5.32 Å². The molecule has 0 amide bonds. The lowest BCUT2D eigenvalue weighted by Gasteiger charge is -2.19. The van der Waals surface area contributed by atoms with Crippen LogP contribution in [0.1, 0.15) is 20.8 Å². The number of aromatic nitrogens is 3. The van der Waals surface area contributed by atoms with Crippen LogP contribution in [-0.4, -0.2) is 20.5 Å². The number of hydrogen-bond donors (Lipinski definition) is 1. The Kier molecular flexibility index (Phi) is 2.93. The Hall–Kier alpha value is -0.610. The highest BCUT2D eigenvalue weighted by atomic mass is 35.5. The van der Waals surface area contributed by atoms with Crippen molar-refractivity contribution in [3.63, 3.8) is 0 Å². The summed E-state index contributed by atoms with van der Waals surface area (Å²) in [5.41, 5.74) is -0.131. The van der Waals surface area contributed by atoms with Crippen molar-refractivity contribution in [2.45, 2.75) is 26.3 Å². The zero-order valence-electron chi connectivity index (χ0n) is 7.60. The maximum atomic E-state index is 5.59. The lowest BCUT2D eigenvalue weighted by atomic mass is 10.1. The van der Waals surface area contributed by atoms with E-state index in [-0.39, 0.29) is 16.1 Å². The molecule has 13 heavy (non-hydrogen) atoms. The summed E-state index contributed by atoms with van der Waals surface area (Å²) in [6, 6.07) is 0. The van der Waals surface area contributed by atoms with Crippen molar-refractivity contribution < 1.29 is 0 Å². The summed E-state index contributed by atoms with van der Waals surface area (Å²) in [4.78, 5) is 11.4. The van der Waals surface area contributed by atoms with Crippen molar-refractivity contribution in [3.05, 3.63) is 10.6 Å². The first-order chi connectivity index (χ1) is 5.87. The fourth-order valence-electron chi connectivity index (χ4n) is 0.717. The van der Waals surface area contributed by atoms with Gasteiger partial charge in [0.15, 0.2) is 0 Å². The highest BCUT2D eigenvalue weighted by molar-refractivity contribution is 6.31. The molecule has 0 unspecified atom stereocenters. The van der Waals surface area contributed by atoms with Gasteiger partial charge >= 0.3 is 0 Å². The minimum Gasteiger partial charge on any atom is -0.349 e. The monoisotopic (exact) mass is 220 g/mol. The average molecular weight is 221 g/mol. The maximum absolute atomic E-state index is 5.59. The second-order valence-corrected chi connectivity index (χ2v) is 4.25. The minimum absolute atomic E-state index is 0.0896. The molecule has 0 saturated heterocycles. The SMILES string of the molecule is CC(C)(C)Nc1nc(Cl)nc(Cl)n1. The van der Waals surface area contributed by atoms with Crippen molar-refractivity contribution in [2.75, 3.05) is 5.32 Å². The summed E-state index contributed by atoms with van der Waals surface area (Å²) < 4.78 is 0. The van der Waals surface area contributed by atoms with E-state index in [2.05, 4.69) is 20.3 Å². The highest BCUT2D eigenvalue weighted by Crippen LogP contribution is 2.13. The predicted octanol–water partition coefficient (Wildman–Crippen LogP) is 2.39. The minimum atomic E-state index is -0.131. The molecule has 0 aliphatic heterocycles. The summed E-state index contributed by atoms with van der Waals surface area (Å²) >= 11 is 11.2. The molecule has 1 aromatic heterocycles. The van der Waals surface area contributed by atoms with E-state index in [9.17, 15) is 0 Å². The second-order valence-electron chi connectivity index (χ2n) is 3.57. The van der Waals surface area contributed by atoms with Gasteiger partial charge in [0, 0.05) is 5.54 Å². The molecule has 1 aromatic rings. The quantitative estimate of drug-likeness (QED) is 0.790. The van der Waals surface area contributed by atoms with Gasteiger partial charge in [-0.25, -0.2) is 0 Å². The predicted molar refractivity (Wildman–Crippen MR) is 53.2 cm³/mol. The molecule has 0 spiro atoms. The van der Waals surface area contributed by atoms with Gasteiger partial charge in [0.25, 0.3) is 0 Å². The second kappa shape index (κ2) is 3.64. The normalized spacial score (nSPS) is 11.5. The Morgan fingerprint density at radius 1 is 1.00 bits per heavy atom. The van der Waals surface area contributed by atoms with Crippen molar-refractivity contribution in [3.8, 4) is 0 Å². The van der Waals surface area contributed by atoms with Crippen LogP contribution in [0.5, 0.6) is 0 Å². The molecule has 0 radical (unpaired) electrons. The van der Waals surface area contributed by atoms with E-state index in [1.165, 1.54) is 0 Å². The van der Waals surface area contributed by atoms with Gasteiger partial charge in [-0.2, -0.15) is 15.0 Å². The van der Waals surface area contributed by atoms with Gasteiger partial charge in [0.1, 0.15) is 0 Å². The van der Waals surface area contributed by atoms with Crippen molar-refractivity contribution >= 4 is 29.2 Å². The molecule has 4 nitrogen and oxygen atoms in total. The fraction of sp³-hybridized carbons (Fsp3) is 0.571. The molecule has 0 atom stereocenters. The summed E-state index contributed by atoms with van der Waals surface area (Å²) in [6.07, 6.45) is 0.